The normalized spacial score (nSPS) is 14.0. The Morgan fingerprint density at radius 1 is 1.23 bits per heavy atom. The van der Waals surface area contributed by atoms with Crippen molar-refractivity contribution in [3.8, 4) is 5.75 Å². The van der Waals surface area contributed by atoms with Crippen LogP contribution in [0.15, 0.2) is 36.5 Å². The predicted molar refractivity (Wildman–Crippen MR) is 109 cm³/mol. The first-order valence-electron chi connectivity index (χ1n) is 9.33. The first-order valence-corrected chi connectivity index (χ1v) is 9.33. The van der Waals surface area contributed by atoms with Crippen molar-refractivity contribution in [2.75, 3.05) is 43.6 Å². The van der Waals surface area contributed by atoms with Crippen LogP contribution in [-0.2, 0) is 4.74 Å². The molecule has 7 nitrogen and oxygen atoms in total. The lowest BCUT2D eigenvalue weighted by Crippen LogP contribution is -2.36. The Morgan fingerprint density at radius 2 is 2.00 bits per heavy atom. The third kappa shape index (κ3) is 3.71. The molecule has 3 aromatic rings. The van der Waals surface area contributed by atoms with Crippen molar-refractivity contribution >= 4 is 33.9 Å². The second-order valence-electron chi connectivity index (χ2n) is 6.80. The van der Waals surface area contributed by atoms with Crippen LogP contribution in [0.1, 0.15) is 10.4 Å². The number of amides is 1. The first-order chi connectivity index (χ1) is 14.5. The molecule has 0 bridgehead atoms. The zero-order valence-electron chi connectivity index (χ0n) is 16.2. The number of anilines is 3. The van der Waals surface area contributed by atoms with E-state index in [1.807, 2.05) is 6.07 Å². The number of nitrogens with two attached hydrogens (primary N) is 1. The van der Waals surface area contributed by atoms with Crippen LogP contribution in [0.4, 0.5) is 25.8 Å². The number of halogens is 2. The van der Waals surface area contributed by atoms with Crippen LogP contribution in [0.5, 0.6) is 5.75 Å². The highest BCUT2D eigenvalue weighted by molar-refractivity contribution is 6.08. The molecule has 2 aromatic carbocycles. The molecule has 1 aliphatic heterocycles. The molecular formula is C21H20F2N4O3. The van der Waals surface area contributed by atoms with Crippen LogP contribution in [0.2, 0.25) is 0 Å². The maximum absolute atomic E-state index is 14.3. The van der Waals surface area contributed by atoms with Gasteiger partial charge in [-0.25, -0.2) is 8.78 Å². The standard InChI is InChI=1S/C21H20F2N4O3/c1-29-19-10-17-13(9-18(19)27-4-6-30-7-5-27)20(14(11-25-17)21(24)28)26-16-3-2-12(22)8-15(16)23/h2-3,8-11H,4-7H2,1H3,(H2,24,28)(H,25,26). The maximum atomic E-state index is 14.3. The van der Waals surface area contributed by atoms with Gasteiger partial charge in [0.25, 0.3) is 5.91 Å². The number of aromatic nitrogens is 1. The fourth-order valence-corrected chi connectivity index (χ4v) is 3.47. The number of hydrogen-bond donors (Lipinski definition) is 2. The van der Waals surface area contributed by atoms with E-state index in [9.17, 15) is 13.6 Å². The smallest absolute Gasteiger partial charge is 0.252 e. The molecular weight excluding hydrogens is 394 g/mol. The van der Waals surface area contributed by atoms with Crippen molar-refractivity contribution in [3.63, 3.8) is 0 Å². The van der Waals surface area contributed by atoms with Crippen LogP contribution in [0.3, 0.4) is 0 Å². The number of pyridine rings is 1. The third-order valence-electron chi connectivity index (χ3n) is 4.98. The molecule has 1 amide bonds. The van der Waals surface area contributed by atoms with E-state index in [4.69, 9.17) is 15.2 Å². The van der Waals surface area contributed by atoms with Crippen molar-refractivity contribution in [1.82, 2.24) is 4.98 Å². The van der Waals surface area contributed by atoms with Crippen molar-refractivity contribution in [3.05, 3.63) is 53.7 Å². The highest BCUT2D eigenvalue weighted by Crippen LogP contribution is 2.38. The number of carbonyl (C=O) groups is 1. The zero-order valence-corrected chi connectivity index (χ0v) is 16.2. The molecule has 2 heterocycles. The third-order valence-corrected chi connectivity index (χ3v) is 4.98. The summed E-state index contributed by atoms with van der Waals surface area (Å²) in [5.74, 6) is -1.61. The summed E-state index contributed by atoms with van der Waals surface area (Å²) in [7, 11) is 1.57. The van der Waals surface area contributed by atoms with E-state index in [0.717, 1.165) is 17.8 Å². The number of hydrogen-bond acceptors (Lipinski definition) is 6. The number of primary amides is 1. The van der Waals surface area contributed by atoms with E-state index < -0.39 is 17.5 Å². The van der Waals surface area contributed by atoms with Gasteiger partial charge in [-0.1, -0.05) is 0 Å². The molecule has 3 N–H and O–H groups in total. The fraction of sp³-hybridized carbons (Fsp3) is 0.238. The van der Waals surface area contributed by atoms with Crippen LogP contribution < -0.4 is 20.7 Å². The number of benzene rings is 2. The van der Waals surface area contributed by atoms with Gasteiger partial charge in [0.05, 0.1) is 48.5 Å². The second-order valence-corrected chi connectivity index (χ2v) is 6.80. The van der Waals surface area contributed by atoms with Gasteiger partial charge >= 0.3 is 0 Å². The summed E-state index contributed by atoms with van der Waals surface area (Å²) >= 11 is 0. The lowest BCUT2D eigenvalue weighted by atomic mass is 10.1. The van der Waals surface area contributed by atoms with E-state index in [1.54, 1.807) is 13.2 Å². The average molecular weight is 414 g/mol. The molecule has 9 heteroatoms. The van der Waals surface area contributed by atoms with E-state index >= 15 is 0 Å². The number of morpholine rings is 1. The van der Waals surface area contributed by atoms with E-state index in [1.165, 1.54) is 12.3 Å². The van der Waals surface area contributed by atoms with Gasteiger partial charge in [0.15, 0.2) is 0 Å². The van der Waals surface area contributed by atoms with E-state index in [2.05, 4.69) is 15.2 Å². The highest BCUT2D eigenvalue weighted by atomic mass is 19.1. The number of ether oxygens (including phenoxy) is 2. The van der Waals surface area contributed by atoms with Crippen molar-refractivity contribution in [2.24, 2.45) is 5.73 Å². The Hall–Kier alpha value is -3.46. The van der Waals surface area contributed by atoms with Gasteiger partial charge in [-0.2, -0.15) is 0 Å². The number of methoxy groups -OCH3 is 1. The van der Waals surface area contributed by atoms with Crippen molar-refractivity contribution in [1.29, 1.82) is 0 Å². The van der Waals surface area contributed by atoms with Crippen molar-refractivity contribution < 1.29 is 23.0 Å². The summed E-state index contributed by atoms with van der Waals surface area (Å²) < 4.78 is 38.5. The minimum Gasteiger partial charge on any atom is -0.495 e. The van der Waals surface area contributed by atoms with Crippen LogP contribution in [-0.4, -0.2) is 44.3 Å². The summed E-state index contributed by atoms with van der Waals surface area (Å²) in [5.41, 5.74) is 7.24. The Kier molecular flexibility index (Phi) is 5.37. The van der Waals surface area contributed by atoms with Crippen molar-refractivity contribution in [2.45, 2.75) is 0 Å². The molecule has 0 saturated carbocycles. The molecule has 1 aromatic heterocycles. The number of nitrogens with one attached hydrogen (secondary N) is 1. The quantitative estimate of drug-likeness (QED) is 0.667. The zero-order chi connectivity index (χ0) is 21.3. The topological polar surface area (TPSA) is 89.7 Å². The highest BCUT2D eigenvalue weighted by Gasteiger charge is 2.21. The number of carbonyl (C=O) groups excluding carboxylic acids is 1. The van der Waals surface area contributed by atoms with Crippen LogP contribution in [0, 0.1) is 11.6 Å². The molecule has 0 unspecified atom stereocenters. The molecule has 0 atom stereocenters. The minimum absolute atomic E-state index is 0.00939. The van der Waals surface area contributed by atoms with Gasteiger partial charge in [-0.05, 0) is 18.2 Å². The SMILES string of the molecule is COc1cc2ncc(C(N)=O)c(Nc3ccc(F)cc3F)c2cc1N1CCOCC1. The molecule has 0 radical (unpaired) electrons. The predicted octanol–water partition coefficient (Wildman–Crippen LogP) is 3.20. The van der Waals surface area contributed by atoms with Gasteiger partial charge in [0, 0.05) is 36.8 Å². The first kappa shape index (κ1) is 19.8. The van der Waals surface area contributed by atoms with Gasteiger partial charge in [0.2, 0.25) is 0 Å². The Balaban J connectivity index is 1.90. The van der Waals surface area contributed by atoms with Crippen LogP contribution in [0.25, 0.3) is 10.9 Å². The summed E-state index contributed by atoms with van der Waals surface area (Å²) in [6.07, 6.45) is 1.32. The maximum Gasteiger partial charge on any atom is 0.252 e. The molecule has 30 heavy (non-hydrogen) atoms. The molecule has 1 aliphatic rings. The summed E-state index contributed by atoms with van der Waals surface area (Å²) in [6, 6.07) is 6.71. The van der Waals surface area contributed by atoms with Crippen LogP contribution >= 0.6 is 0 Å². The lowest BCUT2D eigenvalue weighted by molar-refractivity contribution is 0.100. The Bertz CT molecular complexity index is 1120. The van der Waals surface area contributed by atoms with Gasteiger partial charge < -0.3 is 25.4 Å². The lowest BCUT2D eigenvalue weighted by Gasteiger charge is -2.30. The summed E-state index contributed by atoms with van der Waals surface area (Å²) in [5, 5.41) is 3.45. The minimum atomic E-state index is -0.794. The van der Waals surface area contributed by atoms with E-state index in [-0.39, 0.29) is 16.9 Å². The van der Waals surface area contributed by atoms with Gasteiger partial charge in [-0.3, -0.25) is 9.78 Å². The molecule has 1 saturated heterocycles. The average Bonchev–Trinajstić information content (AvgIpc) is 2.75. The molecule has 4 rings (SSSR count). The van der Waals surface area contributed by atoms with Gasteiger partial charge in [-0.15, -0.1) is 0 Å². The Morgan fingerprint density at radius 3 is 2.67 bits per heavy atom. The summed E-state index contributed by atoms with van der Waals surface area (Å²) in [4.78, 5) is 18.5. The molecule has 0 aliphatic carbocycles. The van der Waals surface area contributed by atoms with E-state index in [0.29, 0.717) is 43.0 Å². The number of nitrogens with zero attached hydrogens (tertiary/aromatic N) is 2. The Labute approximate surface area is 171 Å². The summed E-state index contributed by atoms with van der Waals surface area (Å²) in [6.45, 7) is 2.49. The van der Waals surface area contributed by atoms with Gasteiger partial charge in [0.1, 0.15) is 17.4 Å². The fourth-order valence-electron chi connectivity index (χ4n) is 3.47. The monoisotopic (exact) mass is 414 g/mol. The molecule has 0 spiro atoms. The number of fused-ring (bicyclic) bond motifs is 1. The molecule has 1 fully saturated rings. The number of rotatable bonds is 5. The largest absolute Gasteiger partial charge is 0.495 e. The second kappa shape index (κ2) is 8.11. The molecule has 156 valence electrons.